The molecule has 1 aromatic heterocycles. The van der Waals surface area contributed by atoms with Crippen molar-refractivity contribution in [2.45, 2.75) is 13.8 Å². The van der Waals surface area contributed by atoms with E-state index in [0.29, 0.717) is 0 Å². The number of rotatable bonds is 3. The van der Waals surface area contributed by atoms with Gasteiger partial charge in [0.1, 0.15) is 13.1 Å². The summed E-state index contributed by atoms with van der Waals surface area (Å²) < 4.78 is 4.93. The van der Waals surface area contributed by atoms with Gasteiger partial charge < -0.3 is 0 Å². The minimum atomic E-state index is 1.08. The van der Waals surface area contributed by atoms with Gasteiger partial charge in [-0.1, -0.05) is 50.7 Å². The van der Waals surface area contributed by atoms with Gasteiger partial charge in [0, 0.05) is 9.85 Å². The van der Waals surface area contributed by atoms with E-state index < -0.39 is 0 Å². The summed E-state index contributed by atoms with van der Waals surface area (Å²) in [5.74, 6) is 0. The number of halogens is 1. The molecule has 0 bridgehead atoms. The van der Waals surface area contributed by atoms with Gasteiger partial charge in [0.2, 0.25) is 0 Å². The van der Waals surface area contributed by atoms with Crippen LogP contribution in [-0.2, 0) is 0 Å². The molecule has 0 unspecified atom stereocenters. The van der Waals surface area contributed by atoms with E-state index in [-0.39, 0.29) is 0 Å². The fourth-order valence-electron chi connectivity index (χ4n) is 1.61. The first-order chi connectivity index (χ1) is 8.24. The molecule has 0 radical (unpaired) electrons. The van der Waals surface area contributed by atoms with E-state index in [0.717, 1.165) is 17.6 Å². The second-order valence-electron chi connectivity index (χ2n) is 3.65. The third kappa shape index (κ3) is 3.06. The van der Waals surface area contributed by atoms with E-state index in [9.17, 15) is 0 Å². The van der Waals surface area contributed by atoms with Crippen molar-refractivity contribution in [3.63, 3.8) is 0 Å². The quantitative estimate of drug-likeness (QED) is 0.748. The normalized spacial score (nSPS) is 10.5. The fourth-order valence-corrected chi connectivity index (χ4v) is 4.40. The molecule has 0 amide bonds. The Labute approximate surface area is 118 Å². The van der Waals surface area contributed by atoms with Crippen molar-refractivity contribution >= 4 is 38.6 Å². The molecule has 0 saturated heterocycles. The van der Waals surface area contributed by atoms with Crippen molar-refractivity contribution in [2.24, 2.45) is 0 Å². The molecule has 17 heavy (non-hydrogen) atoms. The maximum atomic E-state index is 3.47. The highest BCUT2D eigenvalue weighted by atomic mass is 79.9. The maximum Gasteiger partial charge on any atom is 0.314 e. The predicted octanol–water partition coefficient (Wildman–Crippen LogP) is 4.05. The van der Waals surface area contributed by atoms with Gasteiger partial charge in [-0.25, -0.2) is 4.58 Å². The van der Waals surface area contributed by atoms with Crippen LogP contribution >= 0.6 is 38.6 Å². The average Bonchev–Trinajstić information content (AvgIpc) is 2.81. The molecule has 0 N–H and O–H groups in total. The molecule has 0 spiro atoms. The first-order valence-electron chi connectivity index (χ1n) is 5.67. The third-order valence-electron chi connectivity index (χ3n) is 2.61. The van der Waals surface area contributed by atoms with Gasteiger partial charge in [-0.3, -0.25) is 0 Å². The van der Waals surface area contributed by atoms with Gasteiger partial charge in [-0.2, -0.15) is 0 Å². The van der Waals surface area contributed by atoms with Crippen LogP contribution in [0.5, 0.6) is 0 Å². The van der Waals surface area contributed by atoms with Crippen molar-refractivity contribution < 1.29 is 0 Å². The largest absolute Gasteiger partial charge is 0.314 e. The summed E-state index contributed by atoms with van der Waals surface area (Å²) >= 11 is 7.18. The predicted molar refractivity (Wildman–Crippen MR) is 81.7 cm³/mol. The monoisotopic (exact) mass is 328 g/mol. The fraction of sp³-hybridized carbons (Fsp3) is 0.308. The van der Waals surface area contributed by atoms with Crippen LogP contribution in [-0.4, -0.2) is 13.1 Å². The zero-order valence-corrected chi connectivity index (χ0v) is 13.2. The minimum Gasteiger partial charge on any atom is -0.213 e. The minimum absolute atomic E-state index is 1.08. The van der Waals surface area contributed by atoms with Crippen LogP contribution in [0.3, 0.4) is 0 Å². The Kier molecular flexibility index (Phi) is 4.54. The number of hydrogen-bond donors (Lipinski definition) is 0. The zero-order chi connectivity index (χ0) is 12.3. The lowest BCUT2D eigenvalue weighted by Gasteiger charge is -1.95. The van der Waals surface area contributed by atoms with E-state index in [4.69, 9.17) is 0 Å². The first-order valence-corrected chi connectivity index (χ1v) is 8.16. The highest BCUT2D eigenvalue weighted by Gasteiger charge is 2.06. The summed E-state index contributed by atoms with van der Waals surface area (Å²) in [6.45, 7) is 6.56. The first kappa shape index (κ1) is 13.0. The molecule has 0 aliphatic heterocycles. The molecule has 0 atom stereocenters. The van der Waals surface area contributed by atoms with Gasteiger partial charge in [0.05, 0.1) is 4.88 Å². The van der Waals surface area contributed by atoms with Crippen LogP contribution in [0, 0.1) is 0 Å². The van der Waals surface area contributed by atoms with Crippen LogP contribution in [0.1, 0.15) is 13.8 Å². The van der Waals surface area contributed by atoms with Crippen LogP contribution < -0.4 is 8.56 Å². The number of hydrogen-bond acceptors (Lipinski definition) is 2. The van der Waals surface area contributed by atoms with Crippen LogP contribution in [0.15, 0.2) is 34.1 Å². The SMILES string of the molecule is CC[N+](CC)=c1scc(-c2ccc(Br)cc2)s1. The number of nitrogens with zero attached hydrogens (tertiary/aromatic N) is 1. The summed E-state index contributed by atoms with van der Waals surface area (Å²) in [7, 11) is 0. The third-order valence-corrected chi connectivity index (χ3v) is 5.65. The second kappa shape index (κ2) is 5.94. The summed E-state index contributed by atoms with van der Waals surface area (Å²) in [5, 5.41) is 2.25. The molecule has 1 heterocycles. The summed E-state index contributed by atoms with van der Waals surface area (Å²) in [5.41, 5.74) is 1.30. The Morgan fingerprint density at radius 3 is 2.35 bits per heavy atom. The Hall–Kier alpha value is -0.450. The Balaban J connectivity index is 2.42. The Morgan fingerprint density at radius 1 is 1.12 bits per heavy atom. The molecular weight excluding hydrogens is 314 g/mol. The molecule has 1 nitrogen and oxygen atoms in total. The summed E-state index contributed by atoms with van der Waals surface area (Å²) in [4.78, 5) is 1.35. The molecule has 0 aliphatic carbocycles. The molecule has 0 fully saturated rings. The van der Waals surface area contributed by atoms with Crippen LogP contribution in [0.2, 0.25) is 0 Å². The molecule has 0 saturated carbocycles. The number of benzene rings is 1. The Bertz CT molecular complexity index is 545. The molecule has 2 rings (SSSR count). The van der Waals surface area contributed by atoms with Gasteiger partial charge in [-0.05, 0) is 31.5 Å². The molecule has 4 heteroatoms. The zero-order valence-electron chi connectivity index (χ0n) is 9.94. The van der Waals surface area contributed by atoms with Crippen molar-refractivity contribution in [1.82, 2.24) is 4.58 Å². The van der Waals surface area contributed by atoms with Crippen molar-refractivity contribution in [2.75, 3.05) is 13.1 Å². The van der Waals surface area contributed by atoms with Gasteiger partial charge in [-0.15, -0.1) is 0 Å². The molecule has 90 valence electrons. The van der Waals surface area contributed by atoms with Crippen molar-refractivity contribution in [1.29, 1.82) is 0 Å². The van der Waals surface area contributed by atoms with Crippen LogP contribution in [0.25, 0.3) is 10.4 Å². The molecule has 2 aromatic rings. The maximum absolute atomic E-state index is 3.47. The highest BCUT2D eigenvalue weighted by Crippen LogP contribution is 2.25. The smallest absolute Gasteiger partial charge is 0.213 e. The second-order valence-corrected chi connectivity index (χ2v) is 6.71. The van der Waals surface area contributed by atoms with E-state index in [1.165, 1.54) is 14.4 Å². The molecule has 0 aliphatic rings. The highest BCUT2D eigenvalue weighted by molar-refractivity contribution is 9.10. The van der Waals surface area contributed by atoms with Gasteiger partial charge in [0.15, 0.2) is 0 Å². The topological polar surface area (TPSA) is 3.01 Å². The lowest BCUT2D eigenvalue weighted by Crippen LogP contribution is -2.25. The standard InChI is InChI=1S/C13H15BrNS2/c1-3-15(4-2)13-16-9-12(17-13)10-5-7-11(14)8-6-10/h5-9H,3-4H2,1-2H3/q+1. The summed E-state index contributed by atoms with van der Waals surface area (Å²) in [6, 6.07) is 8.51. The van der Waals surface area contributed by atoms with E-state index in [1.807, 2.05) is 22.7 Å². The van der Waals surface area contributed by atoms with E-state index in [2.05, 4.69) is 64.0 Å². The van der Waals surface area contributed by atoms with Gasteiger partial charge >= 0.3 is 3.98 Å². The van der Waals surface area contributed by atoms with E-state index >= 15 is 0 Å². The van der Waals surface area contributed by atoms with E-state index in [1.54, 1.807) is 0 Å². The van der Waals surface area contributed by atoms with Crippen LogP contribution in [0.4, 0.5) is 0 Å². The van der Waals surface area contributed by atoms with Crippen molar-refractivity contribution in [3.05, 3.63) is 38.1 Å². The lowest BCUT2D eigenvalue weighted by atomic mass is 10.2. The Morgan fingerprint density at radius 2 is 1.76 bits per heavy atom. The molecule has 1 aromatic carbocycles. The average molecular weight is 329 g/mol. The lowest BCUT2D eigenvalue weighted by molar-refractivity contribution is 0.643. The van der Waals surface area contributed by atoms with Crippen molar-refractivity contribution in [3.8, 4) is 10.4 Å². The summed E-state index contributed by atoms with van der Waals surface area (Å²) in [6.07, 6.45) is 0. The van der Waals surface area contributed by atoms with Gasteiger partial charge in [0.25, 0.3) is 0 Å². The molecular formula is C13H15BrNS2+.